The molecule has 0 amide bonds. The first-order valence-electron chi connectivity index (χ1n) is 7.61. The van der Waals surface area contributed by atoms with Crippen LogP contribution in [-0.2, 0) is 4.74 Å². The average Bonchev–Trinajstić information content (AvgIpc) is 3.03. The summed E-state index contributed by atoms with van der Waals surface area (Å²) in [5, 5.41) is 9.11. The van der Waals surface area contributed by atoms with Crippen LogP contribution in [0.5, 0.6) is 0 Å². The minimum atomic E-state index is -0.954. The smallest absolute Gasteiger partial charge is 0.353 e. The van der Waals surface area contributed by atoms with Gasteiger partial charge in [-0.15, -0.1) is 0 Å². The third kappa shape index (κ3) is 5.58. The van der Waals surface area contributed by atoms with Gasteiger partial charge < -0.3 is 15.6 Å². The second-order valence-corrected chi connectivity index (χ2v) is 7.27. The van der Waals surface area contributed by atoms with Crippen LogP contribution >= 0.6 is 30.3 Å². The lowest BCUT2D eigenvalue weighted by atomic mass is 10.1. The second kappa shape index (κ2) is 9.39. The van der Waals surface area contributed by atoms with Gasteiger partial charge in [-0.05, 0) is 43.0 Å². The van der Waals surface area contributed by atoms with Crippen molar-refractivity contribution in [1.29, 1.82) is 0 Å². The Morgan fingerprint density at radius 2 is 2.32 bits per heavy atom. The van der Waals surface area contributed by atoms with E-state index in [1.54, 1.807) is 28.5 Å². The topological polar surface area (TPSA) is 90.4 Å². The Kier molecular flexibility index (Phi) is 7.51. The molecule has 3 rings (SSSR count). The SMILES string of the molecule is Cc1cnc(N)cc1-c1cc(C(=O)O)n(SI)c1.F[C@H]1CCCOC1. The molecule has 0 unspecified atom stereocenters. The quantitative estimate of drug-likeness (QED) is 0.644. The molecule has 3 heterocycles. The number of rotatable bonds is 3. The van der Waals surface area contributed by atoms with E-state index >= 15 is 0 Å². The van der Waals surface area contributed by atoms with Crippen LogP contribution < -0.4 is 5.73 Å². The molecule has 1 aliphatic heterocycles. The number of hydrogen-bond donors (Lipinski definition) is 2. The van der Waals surface area contributed by atoms with E-state index in [-0.39, 0.29) is 5.69 Å². The van der Waals surface area contributed by atoms with Crippen LogP contribution in [0.25, 0.3) is 11.1 Å². The van der Waals surface area contributed by atoms with Crippen molar-refractivity contribution in [2.24, 2.45) is 0 Å². The lowest BCUT2D eigenvalue weighted by Crippen LogP contribution is -2.17. The van der Waals surface area contributed by atoms with E-state index in [1.165, 1.54) is 9.12 Å². The number of aryl methyl sites for hydroxylation is 1. The summed E-state index contributed by atoms with van der Waals surface area (Å²) in [6.07, 6.45) is 4.36. The lowest BCUT2D eigenvalue weighted by Gasteiger charge is -2.13. The number of carboxylic acids is 1. The first-order chi connectivity index (χ1) is 11.9. The highest BCUT2D eigenvalue weighted by Gasteiger charge is 2.15. The van der Waals surface area contributed by atoms with Crippen molar-refractivity contribution in [1.82, 2.24) is 8.96 Å². The van der Waals surface area contributed by atoms with Gasteiger partial charge in [-0.25, -0.2) is 14.2 Å². The summed E-state index contributed by atoms with van der Waals surface area (Å²) in [4.78, 5) is 15.1. The van der Waals surface area contributed by atoms with Crippen LogP contribution in [0.4, 0.5) is 10.2 Å². The van der Waals surface area contributed by atoms with E-state index in [0.717, 1.165) is 29.7 Å². The molecule has 1 saturated heterocycles. The number of aromatic nitrogens is 2. The van der Waals surface area contributed by atoms with Gasteiger partial charge in [-0.2, -0.15) is 0 Å². The van der Waals surface area contributed by atoms with E-state index in [9.17, 15) is 9.18 Å². The molecule has 0 radical (unpaired) electrons. The van der Waals surface area contributed by atoms with E-state index < -0.39 is 12.1 Å². The Morgan fingerprint density at radius 1 is 1.56 bits per heavy atom. The standard InChI is InChI=1S/C11H10IN3O2S.C5H9FO/c1-6-4-14-10(13)3-8(6)7-2-9(11(16)17)15(5-7)18-12;6-5-2-1-3-7-4-5/h2-5H,1H3,(H2,13,14)(H,16,17);5H,1-4H2/t;5-/m.0/s1. The van der Waals surface area contributed by atoms with E-state index in [0.29, 0.717) is 18.8 Å². The van der Waals surface area contributed by atoms with Crippen molar-refractivity contribution in [3.63, 3.8) is 0 Å². The lowest BCUT2D eigenvalue weighted by molar-refractivity contribution is 0.0366. The number of nitrogens with zero attached hydrogens (tertiary/aromatic N) is 2. The highest BCUT2D eigenvalue weighted by atomic mass is 127. The Labute approximate surface area is 161 Å². The zero-order chi connectivity index (χ0) is 18.4. The summed E-state index contributed by atoms with van der Waals surface area (Å²) >= 11 is 2.04. The van der Waals surface area contributed by atoms with Crippen LogP contribution in [0, 0.1) is 6.92 Å². The number of anilines is 1. The molecule has 136 valence electrons. The molecule has 0 saturated carbocycles. The molecule has 25 heavy (non-hydrogen) atoms. The minimum Gasteiger partial charge on any atom is -0.477 e. The fourth-order valence-electron chi connectivity index (χ4n) is 2.36. The second-order valence-electron chi connectivity index (χ2n) is 5.55. The van der Waals surface area contributed by atoms with Gasteiger partial charge in [-0.1, -0.05) is 0 Å². The average molecular weight is 479 g/mol. The number of nitrogens with two attached hydrogens (primary N) is 1. The number of hydrogen-bond acceptors (Lipinski definition) is 5. The molecule has 1 atom stereocenters. The molecule has 2 aromatic rings. The van der Waals surface area contributed by atoms with Gasteiger partial charge in [-0.3, -0.25) is 3.97 Å². The number of alkyl halides is 1. The van der Waals surface area contributed by atoms with Crippen LogP contribution in [0.3, 0.4) is 0 Å². The summed E-state index contributed by atoms with van der Waals surface area (Å²) in [6, 6.07) is 3.38. The van der Waals surface area contributed by atoms with Crippen molar-refractivity contribution in [3.8, 4) is 11.1 Å². The Morgan fingerprint density at radius 3 is 2.80 bits per heavy atom. The number of ether oxygens (including phenoxy) is 1. The van der Waals surface area contributed by atoms with Crippen LogP contribution in [0.2, 0.25) is 0 Å². The van der Waals surface area contributed by atoms with Crippen molar-refractivity contribution in [2.45, 2.75) is 25.9 Å². The van der Waals surface area contributed by atoms with Gasteiger partial charge in [0.05, 0.1) is 6.61 Å². The maximum Gasteiger partial charge on any atom is 0.353 e. The van der Waals surface area contributed by atoms with Gasteiger partial charge in [0.2, 0.25) is 0 Å². The summed E-state index contributed by atoms with van der Waals surface area (Å²) < 4.78 is 18.5. The molecule has 0 spiro atoms. The Bertz CT molecular complexity index is 735. The highest BCUT2D eigenvalue weighted by molar-refractivity contribution is 14.2. The number of carboxylic acid groups (broad SMARTS) is 1. The molecule has 2 aromatic heterocycles. The van der Waals surface area contributed by atoms with Gasteiger partial charge in [0.25, 0.3) is 0 Å². The minimum absolute atomic E-state index is 0.235. The maximum absolute atomic E-state index is 12.1. The van der Waals surface area contributed by atoms with Crippen LogP contribution in [-0.4, -0.2) is 39.4 Å². The van der Waals surface area contributed by atoms with E-state index in [1.807, 2.05) is 28.1 Å². The van der Waals surface area contributed by atoms with Crippen LogP contribution in [0.1, 0.15) is 28.9 Å². The summed E-state index contributed by atoms with van der Waals surface area (Å²) in [7, 11) is 1.31. The predicted molar refractivity (Wildman–Crippen MR) is 106 cm³/mol. The Balaban J connectivity index is 0.000000269. The zero-order valence-corrected chi connectivity index (χ0v) is 16.6. The number of carbonyl (C=O) groups is 1. The van der Waals surface area contributed by atoms with Crippen molar-refractivity contribution < 1.29 is 19.0 Å². The number of aromatic carboxylic acids is 1. The zero-order valence-electron chi connectivity index (χ0n) is 13.6. The fourth-order valence-corrected chi connectivity index (χ4v) is 3.69. The first-order valence-corrected chi connectivity index (χ1v) is 10.9. The number of nitrogen functional groups attached to an aromatic ring is 1. The molecule has 0 aromatic carbocycles. The largest absolute Gasteiger partial charge is 0.477 e. The van der Waals surface area contributed by atoms with Crippen molar-refractivity contribution in [3.05, 3.63) is 35.8 Å². The molecule has 9 heteroatoms. The van der Waals surface area contributed by atoms with E-state index in [2.05, 4.69) is 4.98 Å². The summed E-state index contributed by atoms with van der Waals surface area (Å²) in [6.45, 7) is 2.98. The van der Waals surface area contributed by atoms with Crippen LogP contribution in [0.15, 0.2) is 24.5 Å². The first kappa shape index (κ1) is 20.0. The molecular weight excluding hydrogens is 460 g/mol. The molecular formula is C16H19FIN3O3S. The van der Waals surface area contributed by atoms with Crippen molar-refractivity contribution >= 4 is 42.1 Å². The normalized spacial score (nSPS) is 16.8. The molecule has 0 bridgehead atoms. The van der Waals surface area contributed by atoms with Gasteiger partial charge >= 0.3 is 5.97 Å². The fraction of sp³-hybridized carbons (Fsp3) is 0.375. The maximum atomic E-state index is 12.1. The number of halogens is 2. The van der Waals surface area contributed by atoms with E-state index in [4.69, 9.17) is 15.6 Å². The summed E-state index contributed by atoms with van der Waals surface area (Å²) in [5.74, 6) is -0.535. The van der Waals surface area contributed by atoms with Crippen molar-refractivity contribution in [2.75, 3.05) is 18.9 Å². The van der Waals surface area contributed by atoms with Gasteiger partial charge in [0.1, 0.15) is 17.7 Å². The molecule has 6 nitrogen and oxygen atoms in total. The predicted octanol–water partition coefficient (Wildman–Crippen LogP) is 4.12. The number of pyridine rings is 1. The molecule has 3 N–H and O–H groups in total. The molecule has 1 fully saturated rings. The molecule has 0 aliphatic carbocycles. The molecule has 1 aliphatic rings. The third-order valence-electron chi connectivity index (χ3n) is 3.62. The highest BCUT2D eigenvalue weighted by Crippen LogP contribution is 2.30. The van der Waals surface area contributed by atoms with Gasteiger partial charge in [0, 0.05) is 54.9 Å². The van der Waals surface area contributed by atoms with Gasteiger partial charge in [0.15, 0.2) is 0 Å². The monoisotopic (exact) mass is 479 g/mol. The summed E-state index contributed by atoms with van der Waals surface area (Å²) in [5.41, 5.74) is 8.57. The Hall–Kier alpha value is -1.33. The third-order valence-corrected chi connectivity index (χ3v) is 5.34.